The molecule has 0 bridgehead atoms. The minimum absolute atomic E-state index is 0.0541. The zero-order chi connectivity index (χ0) is 20.8. The number of rotatable bonds is 2. The van der Waals surface area contributed by atoms with Crippen LogP contribution in [-0.2, 0) is 11.0 Å². The van der Waals surface area contributed by atoms with Crippen molar-refractivity contribution in [3.63, 3.8) is 0 Å². The fraction of sp³-hybridized carbons (Fsp3) is 0.263. The molecular formula is C19H16ClF3N2O3. The molecule has 0 radical (unpaired) electrons. The van der Waals surface area contributed by atoms with Crippen LogP contribution in [0.2, 0.25) is 0 Å². The number of ketones is 1. The summed E-state index contributed by atoms with van der Waals surface area (Å²) in [7, 11) is 2.95. The number of fused-ring (bicyclic) bond motifs is 1. The van der Waals surface area contributed by atoms with Crippen molar-refractivity contribution in [1.82, 2.24) is 9.80 Å². The predicted molar refractivity (Wildman–Crippen MR) is 97.3 cm³/mol. The first kappa shape index (κ1) is 20.0. The van der Waals surface area contributed by atoms with E-state index in [1.54, 1.807) is 13.2 Å². The maximum Gasteiger partial charge on any atom is 0.416 e. The number of amides is 1. The molecule has 1 atom stereocenters. The van der Waals surface area contributed by atoms with E-state index >= 15 is 0 Å². The van der Waals surface area contributed by atoms with Crippen LogP contribution in [0.4, 0.5) is 18.0 Å². The predicted octanol–water partition coefficient (Wildman–Crippen LogP) is 4.32. The molecule has 1 heterocycles. The molecule has 1 N–H and O–H groups in total. The van der Waals surface area contributed by atoms with Gasteiger partial charge in [0.2, 0.25) is 0 Å². The van der Waals surface area contributed by atoms with E-state index in [1.807, 2.05) is 0 Å². The first-order chi connectivity index (χ1) is 13.0. The van der Waals surface area contributed by atoms with Crippen molar-refractivity contribution in [3.8, 4) is 0 Å². The van der Waals surface area contributed by atoms with Crippen molar-refractivity contribution in [3.05, 3.63) is 64.6 Å². The van der Waals surface area contributed by atoms with Crippen LogP contribution in [0.15, 0.2) is 53.5 Å². The highest BCUT2D eigenvalue weighted by Crippen LogP contribution is 2.42. The van der Waals surface area contributed by atoms with Gasteiger partial charge in [-0.15, -0.1) is 11.6 Å². The molecule has 3 rings (SSSR count). The summed E-state index contributed by atoms with van der Waals surface area (Å²) in [6.45, 7) is 0. The number of halogens is 4. The highest BCUT2D eigenvalue weighted by molar-refractivity contribution is 6.33. The summed E-state index contributed by atoms with van der Waals surface area (Å²) in [6.07, 6.45) is -2.53. The lowest BCUT2D eigenvalue weighted by Gasteiger charge is -2.36. The fourth-order valence-corrected chi connectivity index (χ4v) is 3.49. The minimum atomic E-state index is -4.49. The van der Waals surface area contributed by atoms with Gasteiger partial charge in [-0.25, -0.2) is 4.79 Å². The molecule has 0 aromatic heterocycles. The number of carboxylic acid groups (broad SMARTS) is 1. The normalized spacial score (nSPS) is 19.9. The van der Waals surface area contributed by atoms with Crippen LogP contribution >= 0.6 is 11.6 Å². The van der Waals surface area contributed by atoms with Crippen LogP contribution in [0.5, 0.6) is 0 Å². The number of carbonyl (C=O) groups excluding carboxylic acids is 1. The third-order valence-corrected chi connectivity index (χ3v) is 4.98. The van der Waals surface area contributed by atoms with Crippen molar-refractivity contribution in [2.24, 2.45) is 0 Å². The van der Waals surface area contributed by atoms with Gasteiger partial charge in [-0.1, -0.05) is 18.2 Å². The van der Waals surface area contributed by atoms with E-state index in [9.17, 15) is 27.9 Å². The maximum absolute atomic E-state index is 12.9. The second kappa shape index (κ2) is 7.01. The van der Waals surface area contributed by atoms with Crippen molar-refractivity contribution >= 4 is 29.1 Å². The summed E-state index contributed by atoms with van der Waals surface area (Å²) in [6, 6.07) is 4.44. The van der Waals surface area contributed by atoms with E-state index in [4.69, 9.17) is 11.6 Å². The van der Waals surface area contributed by atoms with Crippen molar-refractivity contribution < 1.29 is 27.9 Å². The third-order valence-electron chi connectivity index (χ3n) is 4.61. The number of nitrogens with zero attached hydrogens (tertiary/aromatic N) is 2. The highest BCUT2D eigenvalue weighted by atomic mass is 35.5. The van der Waals surface area contributed by atoms with Gasteiger partial charge in [-0.2, -0.15) is 13.2 Å². The molecule has 28 heavy (non-hydrogen) atoms. The first-order valence-corrected chi connectivity index (χ1v) is 8.65. The Bertz CT molecular complexity index is 933. The quantitative estimate of drug-likeness (QED) is 0.735. The summed E-state index contributed by atoms with van der Waals surface area (Å²) in [5.41, 5.74) is 1.14. The number of carbonyl (C=O) groups is 2. The van der Waals surface area contributed by atoms with Gasteiger partial charge in [0.05, 0.1) is 5.56 Å². The average molecular weight is 413 g/mol. The monoisotopic (exact) mass is 412 g/mol. The average Bonchev–Trinajstić information content (AvgIpc) is 2.61. The minimum Gasteiger partial charge on any atom is -0.465 e. The molecule has 1 aromatic carbocycles. The summed E-state index contributed by atoms with van der Waals surface area (Å²) >= 11 is 6.08. The Morgan fingerprint density at radius 1 is 1.29 bits per heavy atom. The van der Waals surface area contributed by atoms with Gasteiger partial charge in [0.15, 0.2) is 5.78 Å². The molecule has 5 nitrogen and oxygen atoms in total. The second-order valence-corrected chi connectivity index (χ2v) is 6.98. The van der Waals surface area contributed by atoms with Gasteiger partial charge >= 0.3 is 12.3 Å². The SMILES string of the molecule is CN1C=C2CC(=O)C(Cl)C=C2C(c2ccc(C(F)(F)F)cc2)=C1N(C)C(=O)O. The fourth-order valence-electron chi connectivity index (χ4n) is 3.28. The molecule has 1 aromatic rings. The Hall–Kier alpha value is -2.74. The zero-order valence-corrected chi connectivity index (χ0v) is 15.7. The first-order valence-electron chi connectivity index (χ1n) is 8.22. The van der Waals surface area contributed by atoms with Gasteiger partial charge in [-0.3, -0.25) is 9.69 Å². The van der Waals surface area contributed by atoms with Crippen molar-refractivity contribution in [2.45, 2.75) is 18.0 Å². The Kier molecular flexibility index (Phi) is 5.01. The standard InChI is InChI=1S/C19H16ClF3N2O3/c1-24-9-11-7-15(26)14(20)8-13(11)16(17(24)25(2)18(27)28)10-3-5-12(6-4-10)19(21,22)23/h3-6,8-9,14H,7H2,1-2H3,(H,27,28). The molecule has 1 aliphatic carbocycles. The molecule has 9 heteroatoms. The van der Waals surface area contributed by atoms with Crippen LogP contribution < -0.4 is 0 Å². The topological polar surface area (TPSA) is 60.9 Å². The number of allylic oxidation sites excluding steroid dienone is 4. The molecule has 1 unspecified atom stereocenters. The van der Waals surface area contributed by atoms with Gasteiger partial charge in [-0.05, 0) is 28.8 Å². The zero-order valence-electron chi connectivity index (χ0n) is 14.9. The van der Waals surface area contributed by atoms with Crippen LogP contribution in [0, 0.1) is 0 Å². The third kappa shape index (κ3) is 3.52. The van der Waals surface area contributed by atoms with Crippen LogP contribution in [0.25, 0.3) is 5.57 Å². The molecule has 0 saturated heterocycles. The summed E-state index contributed by atoms with van der Waals surface area (Å²) < 4.78 is 38.7. The van der Waals surface area contributed by atoms with Gasteiger partial charge < -0.3 is 10.0 Å². The summed E-state index contributed by atoms with van der Waals surface area (Å²) in [5.74, 6) is 0.0485. The molecule has 0 saturated carbocycles. The van der Waals surface area contributed by atoms with Crippen molar-refractivity contribution in [2.75, 3.05) is 14.1 Å². The van der Waals surface area contributed by atoms with E-state index in [-0.39, 0.29) is 18.0 Å². The summed E-state index contributed by atoms with van der Waals surface area (Å²) in [5, 5.41) is 8.56. The number of Topliss-reactive ketones (excluding diaryl/α,β-unsaturated/α-hetero) is 1. The van der Waals surface area contributed by atoms with E-state index in [2.05, 4.69) is 0 Å². The maximum atomic E-state index is 12.9. The van der Waals surface area contributed by atoms with E-state index in [0.29, 0.717) is 22.3 Å². The molecule has 1 aliphatic heterocycles. The Balaban J connectivity index is 2.23. The lowest BCUT2D eigenvalue weighted by Crippen LogP contribution is -2.36. The van der Waals surface area contributed by atoms with Crippen LogP contribution in [-0.4, -0.2) is 46.3 Å². The Morgan fingerprint density at radius 2 is 1.89 bits per heavy atom. The highest BCUT2D eigenvalue weighted by Gasteiger charge is 2.35. The second-order valence-electron chi connectivity index (χ2n) is 6.51. The molecule has 2 aliphatic rings. The Morgan fingerprint density at radius 3 is 2.43 bits per heavy atom. The van der Waals surface area contributed by atoms with E-state index in [1.165, 1.54) is 30.2 Å². The largest absolute Gasteiger partial charge is 0.465 e. The number of alkyl halides is 4. The summed E-state index contributed by atoms with van der Waals surface area (Å²) in [4.78, 5) is 26.1. The molecule has 0 fully saturated rings. The lowest BCUT2D eigenvalue weighted by molar-refractivity contribution is -0.137. The number of hydrogen-bond acceptors (Lipinski definition) is 3. The lowest BCUT2D eigenvalue weighted by atomic mass is 9.83. The smallest absolute Gasteiger partial charge is 0.416 e. The molecule has 0 spiro atoms. The Labute approximate surface area is 164 Å². The van der Waals surface area contributed by atoms with Gasteiger partial charge in [0.1, 0.15) is 11.2 Å². The van der Waals surface area contributed by atoms with Gasteiger partial charge in [0, 0.05) is 32.3 Å². The molecule has 1 amide bonds. The number of benzene rings is 1. The van der Waals surface area contributed by atoms with Crippen LogP contribution in [0.1, 0.15) is 17.5 Å². The van der Waals surface area contributed by atoms with Crippen LogP contribution in [0.3, 0.4) is 0 Å². The number of hydrogen-bond donors (Lipinski definition) is 1. The van der Waals surface area contributed by atoms with Crippen molar-refractivity contribution in [1.29, 1.82) is 0 Å². The molecule has 148 valence electrons. The van der Waals surface area contributed by atoms with E-state index < -0.39 is 23.2 Å². The molecular weight excluding hydrogens is 397 g/mol. The van der Waals surface area contributed by atoms with Gasteiger partial charge in [0.25, 0.3) is 0 Å². The van der Waals surface area contributed by atoms with E-state index in [0.717, 1.165) is 17.0 Å².